The minimum atomic E-state index is -1.29. The zero-order valence-corrected chi connectivity index (χ0v) is 11.0. The number of carbonyl (C=O) groups is 1. The van der Waals surface area contributed by atoms with E-state index in [0.717, 1.165) is 5.56 Å². The van der Waals surface area contributed by atoms with Crippen LogP contribution in [0.4, 0.5) is 0 Å². The molecule has 0 heterocycles. The molecule has 0 amide bonds. The number of hydrogen-bond acceptors (Lipinski definition) is 5. The van der Waals surface area contributed by atoms with Crippen molar-refractivity contribution in [3.05, 3.63) is 35.9 Å². The Morgan fingerprint density at radius 3 is 2.56 bits per heavy atom. The first-order chi connectivity index (χ1) is 6.70. The van der Waals surface area contributed by atoms with Crippen LogP contribution in [0.2, 0.25) is 0 Å². The molecule has 0 bridgehead atoms. The monoisotopic (exact) mass is 237 g/mol. The quantitative estimate of drug-likeness (QED) is 0.302. The summed E-state index contributed by atoms with van der Waals surface area (Å²) in [5, 5.41) is 10.0. The molecule has 6 nitrogen and oxygen atoms in total. The molecule has 0 fully saturated rings. The molecule has 0 aromatic heterocycles. The number of hydroxylamine groups is 1. The van der Waals surface area contributed by atoms with Crippen LogP contribution in [-0.4, -0.2) is 18.1 Å². The van der Waals surface area contributed by atoms with Gasteiger partial charge in [0.05, 0.1) is 5.97 Å². The first kappa shape index (κ1) is 17.9. The number of aliphatic carboxylic acids is 1. The van der Waals surface area contributed by atoms with E-state index in [-0.39, 0.29) is 36.5 Å². The maximum Gasteiger partial charge on any atom is 1.00 e. The van der Waals surface area contributed by atoms with E-state index >= 15 is 0 Å². The number of nitrogens with two attached hydrogens (primary N) is 1. The molecule has 0 spiro atoms. The number of rotatable bonds is 5. The summed E-state index contributed by atoms with van der Waals surface area (Å²) < 4.78 is 0. The summed E-state index contributed by atoms with van der Waals surface area (Å²) in [6, 6.07) is 9.13. The number of benzene rings is 1. The Morgan fingerprint density at radius 1 is 1.50 bits per heavy atom. The normalized spacial score (nSPS) is 10.8. The maximum absolute atomic E-state index is 10.0. The third-order valence-corrected chi connectivity index (χ3v) is 1.56. The van der Waals surface area contributed by atoms with Gasteiger partial charge in [-0.3, -0.25) is 4.84 Å². The molecule has 7 heteroatoms. The molecule has 0 saturated heterocycles. The van der Waals surface area contributed by atoms with Crippen LogP contribution in [-0.2, 0) is 9.63 Å². The van der Waals surface area contributed by atoms with E-state index in [1.807, 2.05) is 18.2 Å². The van der Waals surface area contributed by atoms with Gasteiger partial charge in [-0.1, -0.05) is 30.3 Å². The maximum atomic E-state index is 10.0. The van der Waals surface area contributed by atoms with Crippen LogP contribution in [0.15, 0.2) is 30.3 Å². The summed E-state index contributed by atoms with van der Waals surface area (Å²) in [4.78, 5) is 14.6. The Balaban J connectivity index is -0.000000653. The van der Waals surface area contributed by atoms with Crippen molar-refractivity contribution in [2.45, 2.75) is 6.17 Å². The van der Waals surface area contributed by atoms with Crippen LogP contribution < -0.4 is 45.9 Å². The summed E-state index contributed by atoms with van der Waals surface area (Å²) in [5.74, 6) is -1.29. The Bertz CT molecular complexity index is 302. The number of carboxylic acids is 1. The zero-order chi connectivity index (χ0) is 10.4. The van der Waals surface area contributed by atoms with Gasteiger partial charge >= 0.3 is 29.6 Å². The summed E-state index contributed by atoms with van der Waals surface area (Å²) in [6.07, 6.45) is -0.546. The van der Waals surface area contributed by atoms with Gasteiger partial charge in [-0.05, 0) is 5.56 Å². The topological polar surface area (TPSA) is 119 Å². The minimum Gasteiger partial charge on any atom is -1.00 e. The average Bonchev–Trinajstić information content (AvgIpc) is 2.18. The van der Waals surface area contributed by atoms with Crippen molar-refractivity contribution in [1.82, 2.24) is 5.48 Å². The molecule has 1 rings (SSSR count). The van der Waals surface area contributed by atoms with Crippen LogP contribution >= 0.6 is 0 Å². The van der Waals surface area contributed by atoms with E-state index in [4.69, 9.17) is 5.73 Å². The largest absolute Gasteiger partial charge is 1.00 e. The second kappa shape index (κ2) is 9.73. The number of carbonyl (C=O) groups excluding carboxylic acids is 1. The zero-order valence-electron chi connectivity index (χ0n) is 9.97. The van der Waals surface area contributed by atoms with Gasteiger partial charge in [-0.25, -0.2) is 0 Å². The van der Waals surface area contributed by atoms with Crippen molar-refractivity contribution in [2.24, 2.45) is 5.73 Å². The van der Waals surface area contributed by atoms with Crippen LogP contribution in [0.5, 0.6) is 0 Å². The first-order valence-electron chi connectivity index (χ1n) is 4.08. The second-order valence-corrected chi connectivity index (χ2v) is 2.67. The van der Waals surface area contributed by atoms with Gasteiger partial charge in [-0.15, -0.1) is 0 Å². The van der Waals surface area contributed by atoms with E-state index in [1.54, 1.807) is 12.1 Å². The molecule has 1 unspecified atom stereocenters. The Labute approximate surface area is 117 Å². The number of nitrogens with one attached hydrogen (secondary N) is 1. The SMILES string of the molecule is NC(NOCC(=O)[O-])c1ccccc1.O.[H-].[Na+]. The van der Waals surface area contributed by atoms with Gasteiger partial charge in [0.15, 0.2) is 0 Å². The molecule has 0 aliphatic carbocycles. The van der Waals surface area contributed by atoms with Gasteiger partial charge in [0, 0.05) is 0 Å². The van der Waals surface area contributed by atoms with E-state index in [2.05, 4.69) is 10.3 Å². The summed E-state index contributed by atoms with van der Waals surface area (Å²) in [6.45, 7) is -0.527. The molecule has 1 aromatic carbocycles. The van der Waals surface area contributed by atoms with Gasteiger partial charge in [0.2, 0.25) is 0 Å². The van der Waals surface area contributed by atoms with Crippen molar-refractivity contribution in [1.29, 1.82) is 0 Å². The smallest absolute Gasteiger partial charge is 1.00 e. The van der Waals surface area contributed by atoms with Gasteiger partial charge in [-0.2, -0.15) is 5.48 Å². The van der Waals surface area contributed by atoms with Crippen molar-refractivity contribution in [3.8, 4) is 0 Å². The first-order valence-corrected chi connectivity index (χ1v) is 4.08. The molecule has 1 aromatic rings. The van der Waals surface area contributed by atoms with E-state index in [9.17, 15) is 9.90 Å². The summed E-state index contributed by atoms with van der Waals surface area (Å²) >= 11 is 0. The Morgan fingerprint density at radius 2 is 2.06 bits per heavy atom. The molecule has 0 aliphatic rings. The van der Waals surface area contributed by atoms with E-state index < -0.39 is 18.7 Å². The molecule has 1 atom stereocenters. The third-order valence-electron chi connectivity index (χ3n) is 1.56. The number of hydrogen-bond donors (Lipinski definition) is 2. The third kappa shape index (κ3) is 6.91. The van der Waals surface area contributed by atoms with E-state index in [0.29, 0.717) is 0 Å². The fourth-order valence-corrected chi connectivity index (χ4v) is 0.919. The Kier molecular flexibility index (Phi) is 10.9. The van der Waals surface area contributed by atoms with Crippen LogP contribution in [0.3, 0.4) is 0 Å². The Hall–Kier alpha value is -0.470. The fourth-order valence-electron chi connectivity index (χ4n) is 0.919. The summed E-state index contributed by atoms with van der Waals surface area (Å²) in [7, 11) is 0. The molecule has 5 N–H and O–H groups in total. The molecule has 0 aliphatic heterocycles. The molecular formula is C9H14N2NaO4-. The predicted octanol–water partition coefficient (Wildman–Crippen LogP) is -4.79. The molecule has 16 heavy (non-hydrogen) atoms. The van der Waals surface area contributed by atoms with Crippen molar-refractivity contribution in [3.63, 3.8) is 0 Å². The van der Waals surface area contributed by atoms with Crippen molar-refractivity contribution in [2.75, 3.05) is 6.61 Å². The van der Waals surface area contributed by atoms with Crippen LogP contribution in [0, 0.1) is 0 Å². The predicted molar refractivity (Wildman–Crippen MR) is 52.2 cm³/mol. The minimum absolute atomic E-state index is 0. The van der Waals surface area contributed by atoms with Gasteiger partial charge in [0.25, 0.3) is 0 Å². The van der Waals surface area contributed by atoms with Gasteiger partial charge in [0.1, 0.15) is 12.8 Å². The van der Waals surface area contributed by atoms with Crippen LogP contribution in [0.25, 0.3) is 0 Å². The molecule has 0 saturated carbocycles. The van der Waals surface area contributed by atoms with Crippen molar-refractivity contribution >= 4 is 5.97 Å². The summed E-state index contributed by atoms with van der Waals surface area (Å²) in [5.41, 5.74) is 8.83. The van der Waals surface area contributed by atoms with Crippen LogP contribution in [0.1, 0.15) is 13.2 Å². The van der Waals surface area contributed by atoms with E-state index in [1.165, 1.54) is 0 Å². The molecule has 0 radical (unpaired) electrons. The molecule has 86 valence electrons. The second-order valence-electron chi connectivity index (χ2n) is 2.67. The standard InChI is InChI=1S/C9H12N2O3.Na.H2O.H/c10-9(11-14-6-8(12)13)7-4-2-1-3-5-7;;;/h1-5,9,11H,6,10H2,(H,12,13);;1H2;/q;+1;;-1/p-1. The van der Waals surface area contributed by atoms with Gasteiger partial charge < -0.3 is 22.5 Å². The number of carboxylic acid groups (broad SMARTS) is 1. The fraction of sp³-hybridized carbons (Fsp3) is 0.222. The molecular weight excluding hydrogens is 223 g/mol. The van der Waals surface area contributed by atoms with Crippen molar-refractivity contribution < 1.29 is 51.2 Å². The average molecular weight is 237 g/mol.